The van der Waals surface area contributed by atoms with Gasteiger partial charge < -0.3 is 28.4 Å². The molecular formula is C31H26O8. The van der Waals surface area contributed by atoms with Crippen LogP contribution >= 0.6 is 0 Å². The number of benzene rings is 4. The van der Waals surface area contributed by atoms with E-state index in [9.17, 15) is 9.59 Å². The zero-order chi connectivity index (χ0) is 27.8. The van der Waals surface area contributed by atoms with Gasteiger partial charge in [0, 0.05) is 11.6 Å². The Morgan fingerprint density at radius 2 is 0.897 bits per heavy atom. The van der Waals surface area contributed by atoms with Crippen LogP contribution in [0.15, 0.2) is 97.6 Å². The third kappa shape index (κ3) is 6.75. The quantitative estimate of drug-likeness (QED) is 0.137. The highest BCUT2D eigenvalue weighted by atomic mass is 16.6. The molecule has 4 aromatic rings. The van der Waals surface area contributed by atoms with Crippen molar-refractivity contribution < 1.29 is 38.0 Å². The molecule has 0 aliphatic heterocycles. The molecule has 0 saturated carbocycles. The van der Waals surface area contributed by atoms with Crippen LogP contribution in [0.3, 0.4) is 0 Å². The first-order chi connectivity index (χ1) is 18.9. The molecule has 198 valence electrons. The van der Waals surface area contributed by atoms with Gasteiger partial charge in [0.25, 0.3) is 0 Å². The standard InChI is InChI=1S/C31H26O8/c1-20(21-5-11-24(34-2)12-6-21)37-28-18-17-27(38-30(32)22-7-13-25(35-3)14-8-22)19-29(28)39-31(33)23-9-15-26(36-4)16-10-23/h5-19H,1H2,2-4H3. The van der Waals surface area contributed by atoms with E-state index in [2.05, 4.69) is 6.58 Å². The summed E-state index contributed by atoms with van der Waals surface area (Å²) in [6.45, 7) is 3.98. The van der Waals surface area contributed by atoms with Crippen LogP contribution in [0.5, 0.6) is 34.5 Å². The normalized spacial score (nSPS) is 10.2. The molecular weight excluding hydrogens is 500 g/mol. The van der Waals surface area contributed by atoms with Crippen LogP contribution in [0.25, 0.3) is 5.76 Å². The van der Waals surface area contributed by atoms with E-state index in [-0.39, 0.29) is 22.8 Å². The maximum Gasteiger partial charge on any atom is 0.343 e. The Bertz CT molecular complexity index is 1460. The highest BCUT2D eigenvalue weighted by Gasteiger charge is 2.18. The van der Waals surface area contributed by atoms with Crippen LogP contribution in [0.2, 0.25) is 0 Å². The van der Waals surface area contributed by atoms with Crippen molar-refractivity contribution in [3.8, 4) is 34.5 Å². The number of esters is 2. The molecule has 4 aromatic carbocycles. The lowest BCUT2D eigenvalue weighted by molar-refractivity contribution is 0.0729. The molecule has 39 heavy (non-hydrogen) atoms. The van der Waals surface area contributed by atoms with E-state index < -0.39 is 11.9 Å². The number of ether oxygens (including phenoxy) is 6. The van der Waals surface area contributed by atoms with Crippen molar-refractivity contribution in [2.24, 2.45) is 0 Å². The summed E-state index contributed by atoms with van der Waals surface area (Å²) in [4.78, 5) is 25.6. The van der Waals surface area contributed by atoms with Gasteiger partial charge in [-0.15, -0.1) is 0 Å². The molecule has 8 nitrogen and oxygen atoms in total. The summed E-state index contributed by atoms with van der Waals surface area (Å²) in [5.41, 5.74) is 1.30. The number of methoxy groups -OCH3 is 3. The second kappa shape index (κ2) is 12.3. The smallest absolute Gasteiger partial charge is 0.343 e. The summed E-state index contributed by atoms with van der Waals surface area (Å²) in [6, 6.07) is 24.5. The average Bonchev–Trinajstić information content (AvgIpc) is 2.98. The van der Waals surface area contributed by atoms with E-state index >= 15 is 0 Å². The fraction of sp³-hybridized carbons (Fsp3) is 0.0968. The summed E-state index contributed by atoms with van der Waals surface area (Å²) >= 11 is 0. The van der Waals surface area contributed by atoms with Crippen LogP contribution < -0.4 is 28.4 Å². The first kappa shape index (κ1) is 26.8. The van der Waals surface area contributed by atoms with Gasteiger partial charge in [-0.3, -0.25) is 0 Å². The summed E-state index contributed by atoms with van der Waals surface area (Å²) in [5, 5.41) is 0. The molecule has 0 N–H and O–H groups in total. The topological polar surface area (TPSA) is 89.5 Å². The van der Waals surface area contributed by atoms with E-state index in [1.54, 1.807) is 79.9 Å². The number of carbonyl (C=O) groups excluding carboxylic acids is 2. The molecule has 8 heteroatoms. The van der Waals surface area contributed by atoms with Crippen molar-refractivity contribution in [3.63, 3.8) is 0 Å². The predicted molar refractivity (Wildman–Crippen MR) is 145 cm³/mol. The zero-order valence-corrected chi connectivity index (χ0v) is 21.6. The number of rotatable bonds is 10. The number of hydrogen-bond donors (Lipinski definition) is 0. The summed E-state index contributed by atoms with van der Waals surface area (Å²) < 4.78 is 32.6. The van der Waals surface area contributed by atoms with Crippen molar-refractivity contribution in [2.45, 2.75) is 0 Å². The Morgan fingerprint density at radius 3 is 1.36 bits per heavy atom. The lowest BCUT2D eigenvalue weighted by atomic mass is 10.2. The van der Waals surface area contributed by atoms with E-state index in [0.29, 0.717) is 34.1 Å². The van der Waals surface area contributed by atoms with Crippen LogP contribution in [-0.4, -0.2) is 33.3 Å². The molecule has 0 aliphatic rings. The van der Waals surface area contributed by atoms with Gasteiger partial charge in [0.15, 0.2) is 11.5 Å². The van der Waals surface area contributed by atoms with Gasteiger partial charge in [-0.25, -0.2) is 9.59 Å². The van der Waals surface area contributed by atoms with Crippen LogP contribution in [0.1, 0.15) is 26.3 Å². The van der Waals surface area contributed by atoms with Gasteiger partial charge in [0.05, 0.1) is 32.5 Å². The van der Waals surface area contributed by atoms with E-state index in [4.69, 9.17) is 28.4 Å². The van der Waals surface area contributed by atoms with Crippen LogP contribution in [0, 0.1) is 0 Å². The first-order valence-corrected chi connectivity index (χ1v) is 11.8. The molecule has 0 saturated heterocycles. The van der Waals surface area contributed by atoms with Gasteiger partial charge in [-0.2, -0.15) is 0 Å². The summed E-state index contributed by atoms with van der Waals surface area (Å²) in [6.07, 6.45) is 0. The lowest BCUT2D eigenvalue weighted by Crippen LogP contribution is -2.11. The average molecular weight is 527 g/mol. The molecule has 0 spiro atoms. The zero-order valence-electron chi connectivity index (χ0n) is 21.6. The minimum Gasteiger partial charge on any atom is -0.497 e. The Hall–Kier alpha value is -5.24. The van der Waals surface area contributed by atoms with Gasteiger partial charge in [-0.1, -0.05) is 6.58 Å². The molecule has 4 rings (SSSR count). The number of carbonyl (C=O) groups is 2. The van der Waals surface area contributed by atoms with Gasteiger partial charge in [0.2, 0.25) is 0 Å². The fourth-order valence-electron chi connectivity index (χ4n) is 3.46. The molecule has 0 heterocycles. The van der Waals surface area contributed by atoms with Crippen molar-refractivity contribution >= 4 is 17.7 Å². The maximum atomic E-state index is 12.9. The largest absolute Gasteiger partial charge is 0.497 e. The fourth-order valence-corrected chi connectivity index (χ4v) is 3.46. The highest BCUT2D eigenvalue weighted by molar-refractivity contribution is 5.92. The molecule has 0 amide bonds. The first-order valence-electron chi connectivity index (χ1n) is 11.8. The Labute approximate surface area is 225 Å². The van der Waals surface area contributed by atoms with E-state index in [1.807, 2.05) is 0 Å². The third-order valence-corrected chi connectivity index (χ3v) is 5.62. The second-order valence-corrected chi connectivity index (χ2v) is 8.10. The molecule has 0 radical (unpaired) electrons. The molecule has 0 atom stereocenters. The lowest BCUT2D eigenvalue weighted by Gasteiger charge is -2.15. The predicted octanol–water partition coefficient (Wildman–Crippen LogP) is 6.20. The van der Waals surface area contributed by atoms with Crippen LogP contribution in [-0.2, 0) is 0 Å². The SMILES string of the molecule is C=C(Oc1ccc(OC(=O)c2ccc(OC)cc2)cc1OC(=O)c1ccc(OC)cc1)c1ccc(OC)cc1. The molecule has 0 aliphatic carbocycles. The van der Waals surface area contributed by atoms with Gasteiger partial charge in [-0.05, 0) is 84.9 Å². The minimum atomic E-state index is -0.642. The van der Waals surface area contributed by atoms with Crippen molar-refractivity contribution in [2.75, 3.05) is 21.3 Å². The molecule has 0 unspecified atom stereocenters. The molecule has 0 bridgehead atoms. The van der Waals surface area contributed by atoms with E-state index in [0.717, 1.165) is 0 Å². The second-order valence-electron chi connectivity index (χ2n) is 8.10. The van der Waals surface area contributed by atoms with Crippen LogP contribution in [0.4, 0.5) is 0 Å². The van der Waals surface area contributed by atoms with Gasteiger partial charge >= 0.3 is 11.9 Å². The highest BCUT2D eigenvalue weighted by Crippen LogP contribution is 2.35. The Morgan fingerprint density at radius 1 is 0.487 bits per heavy atom. The monoisotopic (exact) mass is 526 g/mol. The molecule has 0 fully saturated rings. The van der Waals surface area contributed by atoms with Crippen molar-refractivity contribution in [3.05, 3.63) is 114 Å². The summed E-state index contributed by atoms with van der Waals surface area (Å²) in [5.74, 6) is 1.34. The molecule has 0 aromatic heterocycles. The van der Waals surface area contributed by atoms with Crippen molar-refractivity contribution in [1.29, 1.82) is 0 Å². The minimum absolute atomic E-state index is 0.0329. The Kier molecular flexibility index (Phi) is 8.48. The summed E-state index contributed by atoms with van der Waals surface area (Å²) in [7, 11) is 4.65. The van der Waals surface area contributed by atoms with Crippen molar-refractivity contribution in [1.82, 2.24) is 0 Å². The van der Waals surface area contributed by atoms with Gasteiger partial charge in [0.1, 0.15) is 28.8 Å². The Balaban J connectivity index is 1.59. The van der Waals surface area contributed by atoms with E-state index in [1.165, 1.54) is 32.4 Å². The third-order valence-electron chi connectivity index (χ3n) is 5.62. The number of hydrogen-bond acceptors (Lipinski definition) is 8. The maximum absolute atomic E-state index is 12.9.